The lowest BCUT2D eigenvalue weighted by molar-refractivity contribution is 0.0665. The molecule has 0 amide bonds. The molecular weight excluding hydrogens is 222 g/mol. The molecule has 2 heterocycles. The maximum absolute atomic E-state index is 10.7. The molecule has 2 aromatic heterocycles. The van der Waals surface area contributed by atoms with Gasteiger partial charge in [0, 0.05) is 12.6 Å². The molecule has 0 bridgehead atoms. The number of aromatic amines is 1. The zero-order valence-electron chi connectivity index (χ0n) is 9.62. The molecule has 0 aliphatic heterocycles. The Bertz CT molecular complexity index is 515. The molecule has 0 fully saturated rings. The van der Waals surface area contributed by atoms with E-state index in [1.807, 2.05) is 0 Å². The highest BCUT2D eigenvalue weighted by atomic mass is 16.4. The fourth-order valence-corrected chi connectivity index (χ4v) is 1.62. The standard InChI is InChI=1S/C11H15N3O3/c1-2-3-4-5-12-10-9-7(13-14-10)6-8(17-9)11(15)16/h6H,2-5H2,1H3,(H,15,16)(H2,12,13,14). The molecule has 0 radical (unpaired) electrons. The number of aromatic carboxylic acids is 1. The second kappa shape index (κ2) is 4.90. The number of aromatic nitrogens is 2. The van der Waals surface area contributed by atoms with Crippen LogP contribution >= 0.6 is 0 Å². The summed E-state index contributed by atoms with van der Waals surface area (Å²) in [6.45, 7) is 2.94. The summed E-state index contributed by atoms with van der Waals surface area (Å²) in [5.74, 6) is -0.583. The molecule has 0 saturated carbocycles. The number of furan rings is 1. The molecule has 0 spiro atoms. The summed E-state index contributed by atoms with van der Waals surface area (Å²) in [5.41, 5.74) is 1.07. The van der Waals surface area contributed by atoms with Crippen molar-refractivity contribution in [2.24, 2.45) is 0 Å². The Hall–Kier alpha value is -1.98. The van der Waals surface area contributed by atoms with Crippen LogP contribution in [0.4, 0.5) is 5.82 Å². The first-order valence-corrected chi connectivity index (χ1v) is 5.67. The van der Waals surface area contributed by atoms with Gasteiger partial charge in [-0.25, -0.2) is 4.79 Å². The predicted octanol–water partition coefficient (Wildman–Crippen LogP) is 2.46. The summed E-state index contributed by atoms with van der Waals surface area (Å²) >= 11 is 0. The Morgan fingerprint density at radius 1 is 1.59 bits per heavy atom. The lowest BCUT2D eigenvalue weighted by Crippen LogP contribution is -2.01. The van der Waals surface area contributed by atoms with Crippen molar-refractivity contribution >= 4 is 22.9 Å². The van der Waals surface area contributed by atoms with Gasteiger partial charge >= 0.3 is 5.97 Å². The Kier molecular flexibility index (Phi) is 3.32. The van der Waals surface area contributed by atoms with Crippen LogP contribution in [0.15, 0.2) is 10.5 Å². The van der Waals surface area contributed by atoms with E-state index in [9.17, 15) is 4.79 Å². The van der Waals surface area contributed by atoms with Crippen LogP contribution in [0.2, 0.25) is 0 Å². The van der Waals surface area contributed by atoms with Crippen molar-refractivity contribution in [3.8, 4) is 0 Å². The number of rotatable bonds is 6. The summed E-state index contributed by atoms with van der Waals surface area (Å²) in [7, 11) is 0. The van der Waals surface area contributed by atoms with E-state index < -0.39 is 5.97 Å². The summed E-state index contributed by atoms with van der Waals surface area (Å²) in [6.07, 6.45) is 3.36. The van der Waals surface area contributed by atoms with Gasteiger partial charge in [-0.3, -0.25) is 5.10 Å². The Balaban J connectivity index is 2.09. The third kappa shape index (κ3) is 2.41. The second-order valence-corrected chi connectivity index (χ2v) is 3.86. The molecule has 0 aromatic carbocycles. The van der Waals surface area contributed by atoms with Gasteiger partial charge in [0.05, 0.1) is 0 Å². The van der Waals surface area contributed by atoms with Gasteiger partial charge in [-0.2, -0.15) is 5.10 Å². The van der Waals surface area contributed by atoms with Crippen LogP contribution in [0, 0.1) is 0 Å². The van der Waals surface area contributed by atoms with Crippen molar-refractivity contribution in [1.82, 2.24) is 10.2 Å². The molecular formula is C11H15N3O3. The number of anilines is 1. The van der Waals surface area contributed by atoms with Gasteiger partial charge in [0.15, 0.2) is 11.4 Å². The van der Waals surface area contributed by atoms with Gasteiger partial charge in [-0.1, -0.05) is 19.8 Å². The monoisotopic (exact) mass is 237 g/mol. The molecule has 0 aliphatic rings. The van der Waals surface area contributed by atoms with Gasteiger partial charge in [0.2, 0.25) is 5.76 Å². The van der Waals surface area contributed by atoms with Gasteiger partial charge in [0.25, 0.3) is 0 Å². The largest absolute Gasteiger partial charge is 0.475 e. The van der Waals surface area contributed by atoms with Crippen LogP contribution in [0.3, 0.4) is 0 Å². The van der Waals surface area contributed by atoms with Crippen molar-refractivity contribution in [3.05, 3.63) is 11.8 Å². The molecule has 6 heteroatoms. The summed E-state index contributed by atoms with van der Waals surface area (Å²) < 4.78 is 5.20. The number of carboxylic acids is 1. The average molecular weight is 237 g/mol. The van der Waals surface area contributed by atoms with E-state index in [1.165, 1.54) is 6.07 Å². The Morgan fingerprint density at radius 2 is 2.41 bits per heavy atom. The van der Waals surface area contributed by atoms with Crippen molar-refractivity contribution in [1.29, 1.82) is 0 Å². The van der Waals surface area contributed by atoms with Crippen LogP contribution in [0.25, 0.3) is 11.1 Å². The molecule has 0 saturated heterocycles. The summed E-state index contributed by atoms with van der Waals surface area (Å²) in [6, 6.07) is 1.43. The van der Waals surface area contributed by atoms with Crippen molar-refractivity contribution in [2.75, 3.05) is 11.9 Å². The van der Waals surface area contributed by atoms with Crippen LogP contribution in [0.5, 0.6) is 0 Å². The number of carboxylic acid groups (broad SMARTS) is 1. The first kappa shape index (κ1) is 11.5. The minimum Gasteiger partial charge on any atom is -0.475 e. The molecule has 2 rings (SSSR count). The smallest absolute Gasteiger partial charge is 0.371 e. The molecule has 17 heavy (non-hydrogen) atoms. The number of nitrogens with one attached hydrogen (secondary N) is 2. The maximum Gasteiger partial charge on any atom is 0.371 e. The topological polar surface area (TPSA) is 91.2 Å². The predicted molar refractivity (Wildman–Crippen MR) is 63.3 cm³/mol. The number of unbranched alkanes of at least 4 members (excludes halogenated alkanes) is 2. The van der Waals surface area contributed by atoms with E-state index in [0.29, 0.717) is 16.9 Å². The van der Waals surface area contributed by atoms with Crippen molar-refractivity contribution in [2.45, 2.75) is 26.2 Å². The number of fused-ring (bicyclic) bond motifs is 1. The molecule has 2 aromatic rings. The highest BCUT2D eigenvalue weighted by molar-refractivity contribution is 5.93. The van der Waals surface area contributed by atoms with Gasteiger partial charge in [0.1, 0.15) is 5.52 Å². The highest BCUT2D eigenvalue weighted by Gasteiger charge is 2.15. The molecule has 6 nitrogen and oxygen atoms in total. The minimum absolute atomic E-state index is 0.0785. The third-order valence-corrected chi connectivity index (χ3v) is 2.52. The lowest BCUT2D eigenvalue weighted by Gasteiger charge is -2.00. The number of nitrogens with zero attached hydrogens (tertiary/aromatic N) is 1. The van der Waals surface area contributed by atoms with Gasteiger partial charge in [-0.05, 0) is 6.42 Å². The van der Waals surface area contributed by atoms with Crippen LogP contribution < -0.4 is 5.32 Å². The van der Waals surface area contributed by atoms with E-state index in [4.69, 9.17) is 9.52 Å². The van der Waals surface area contributed by atoms with E-state index in [-0.39, 0.29) is 5.76 Å². The first-order valence-electron chi connectivity index (χ1n) is 5.67. The quantitative estimate of drug-likeness (QED) is 0.671. The fourth-order valence-electron chi connectivity index (χ4n) is 1.62. The summed E-state index contributed by atoms with van der Waals surface area (Å²) in [5, 5.41) is 18.7. The maximum atomic E-state index is 10.7. The van der Waals surface area contributed by atoms with Crippen molar-refractivity contribution < 1.29 is 14.3 Å². The Labute approximate surface area is 98.0 Å². The normalized spacial score (nSPS) is 10.9. The molecule has 3 N–H and O–H groups in total. The first-order chi connectivity index (χ1) is 8.22. The molecule has 92 valence electrons. The van der Waals surface area contributed by atoms with E-state index in [1.54, 1.807) is 0 Å². The number of H-pyrrole nitrogens is 1. The fraction of sp³-hybridized carbons (Fsp3) is 0.455. The zero-order valence-corrected chi connectivity index (χ0v) is 9.62. The zero-order chi connectivity index (χ0) is 12.3. The number of hydrogen-bond acceptors (Lipinski definition) is 4. The van der Waals surface area contributed by atoms with Crippen LogP contribution in [-0.4, -0.2) is 27.8 Å². The minimum atomic E-state index is -1.08. The Morgan fingerprint density at radius 3 is 3.12 bits per heavy atom. The third-order valence-electron chi connectivity index (χ3n) is 2.52. The van der Waals surface area contributed by atoms with Crippen molar-refractivity contribution in [3.63, 3.8) is 0 Å². The molecule has 0 aliphatic carbocycles. The van der Waals surface area contributed by atoms with E-state index in [2.05, 4.69) is 22.4 Å². The van der Waals surface area contributed by atoms with Gasteiger partial charge < -0.3 is 14.8 Å². The molecule has 0 atom stereocenters. The highest BCUT2D eigenvalue weighted by Crippen LogP contribution is 2.24. The van der Waals surface area contributed by atoms with E-state index in [0.717, 1.165) is 25.8 Å². The average Bonchev–Trinajstić information content (AvgIpc) is 2.85. The second-order valence-electron chi connectivity index (χ2n) is 3.86. The van der Waals surface area contributed by atoms with Crippen LogP contribution in [-0.2, 0) is 0 Å². The number of carbonyl (C=O) groups is 1. The SMILES string of the molecule is CCCCCNc1n[nH]c2cc(C(=O)O)oc12. The van der Waals surface area contributed by atoms with Crippen LogP contribution in [0.1, 0.15) is 36.7 Å². The van der Waals surface area contributed by atoms with Gasteiger partial charge in [-0.15, -0.1) is 0 Å². The summed E-state index contributed by atoms with van der Waals surface area (Å²) in [4.78, 5) is 10.7. The molecule has 0 unspecified atom stereocenters. The van der Waals surface area contributed by atoms with E-state index >= 15 is 0 Å². The lowest BCUT2D eigenvalue weighted by atomic mass is 10.2. The number of hydrogen-bond donors (Lipinski definition) is 3.